The molecular formula is C19H16ClFN2O2. The minimum atomic E-state index is -0.587. The van der Waals surface area contributed by atoms with Gasteiger partial charge in [-0.2, -0.15) is 5.26 Å². The molecule has 0 heterocycles. The average molecular weight is 359 g/mol. The first-order chi connectivity index (χ1) is 12.0. The van der Waals surface area contributed by atoms with Crippen LogP contribution >= 0.6 is 11.6 Å². The summed E-state index contributed by atoms with van der Waals surface area (Å²) in [5, 5.41) is 12.2. The Balaban J connectivity index is 2.16. The third kappa shape index (κ3) is 5.33. The molecule has 0 fully saturated rings. The van der Waals surface area contributed by atoms with Gasteiger partial charge in [0.05, 0.1) is 11.6 Å². The molecule has 0 atom stereocenters. The SMILES string of the molecule is CCCOc1ccc(/C=C(\C#N)C(=O)Nc2ccc(F)cc2)cc1Cl. The lowest BCUT2D eigenvalue weighted by atomic mass is 10.1. The van der Waals surface area contributed by atoms with E-state index in [0.717, 1.165) is 6.42 Å². The first kappa shape index (κ1) is 18.5. The quantitative estimate of drug-likeness (QED) is 0.595. The number of carbonyl (C=O) groups is 1. The standard InChI is InChI=1S/C19H16ClFN2O2/c1-2-9-25-18-8-3-13(11-17(18)20)10-14(12-22)19(24)23-16-6-4-15(21)5-7-16/h3-8,10-11H,2,9H2,1H3,(H,23,24)/b14-10+. The molecule has 0 saturated heterocycles. The molecule has 2 aromatic carbocycles. The van der Waals surface area contributed by atoms with Crippen LogP contribution in [-0.2, 0) is 4.79 Å². The first-order valence-corrected chi connectivity index (χ1v) is 8.02. The van der Waals surface area contributed by atoms with E-state index in [1.165, 1.54) is 30.3 Å². The molecule has 0 aromatic heterocycles. The Morgan fingerprint density at radius 3 is 2.64 bits per heavy atom. The molecule has 0 unspecified atom stereocenters. The smallest absolute Gasteiger partial charge is 0.266 e. The molecule has 0 aliphatic rings. The molecular weight excluding hydrogens is 343 g/mol. The summed E-state index contributed by atoms with van der Waals surface area (Å²) < 4.78 is 18.4. The van der Waals surface area contributed by atoms with Crippen LogP contribution in [-0.4, -0.2) is 12.5 Å². The minimum Gasteiger partial charge on any atom is -0.492 e. The van der Waals surface area contributed by atoms with Gasteiger partial charge in [-0.1, -0.05) is 24.6 Å². The first-order valence-electron chi connectivity index (χ1n) is 7.64. The normalized spacial score (nSPS) is 10.9. The summed E-state index contributed by atoms with van der Waals surface area (Å²) in [6, 6.07) is 12.1. The van der Waals surface area contributed by atoms with Crippen molar-refractivity contribution in [3.8, 4) is 11.8 Å². The highest BCUT2D eigenvalue weighted by molar-refractivity contribution is 6.32. The molecule has 0 aliphatic carbocycles. The number of halogens is 2. The van der Waals surface area contributed by atoms with Crippen molar-refractivity contribution in [1.29, 1.82) is 5.26 Å². The number of carbonyl (C=O) groups excluding carboxylic acids is 1. The second-order valence-electron chi connectivity index (χ2n) is 5.17. The average Bonchev–Trinajstić information content (AvgIpc) is 2.60. The van der Waals surface area contributed by atoms with Crippen LogP contribution in [0.3, 0.4) is 0 Å². The van der Waals surface area contributed by atoms with Crippen molar-refractivity contribution in [1.82, 2.24) is 0 Å². The van der Waals surface area contributed by atoms with E-state index in [9.17, 15) is 14.4 Å². The molecule has 1 N–H and O–H groups in total. The summed E-state index contributed by atoms with van der Waals surface area (Å²) in [5.41, 5.74) is 0.899. The maximum Gasteiger partial charge on any atom is 0.266 e. The van der Waals surface area contributed by atoms with E-state index in [4.69, 9.17) is 16.3 Å². The van der Waals surface area contributed by atoms with Gasteiger partial charge in [0.15, 0.2) is 0 Å². The third-order valence-corrected chi connectivity index (χ3v) is 3.49. The van der Waals surface area contributed by atoms with E-state index in [2.05, 4.69) is 5.32 Å². The van der Waals surface area contributed by atoms with Crippen molar-refractivity contribution in [2.75, 3.05) is 11.9 Å². The van der Waals surface area contributed by atoms with Crippen LogP contribution in [0, 0.1) is 17.1 Å². The number of hydrogen-bond donors (Lipinski definition) is 1. The van der Waals surface area contributed by atoms with E-state index in [1.54, 1.807) is 18.2 Å². The fourth-order valence-electron chi connectivity index (χ4n) is 1.98. The van der Waals surface area contributed by atoms with Gasteiger partial charge in [-0.3, -0.25) is 4.79 Å². The monoisotopic (exact) mass is 358 g/mol. The molecule has 0 saturated carbocycles. The second kappa shape index (κ2) is 8.86. The zero-order valence-electron chi connectivity index (χ0n) is 13.6. The lowest BCUT2D eigenvalue weighted by molar-refractivity contribution is -0.112. The Bertz CT molecular complexity index is 826. The van der Waals surface area contributed by atoms with Crippen molar-refractivity contribution in [2.24, 2.45) is 0 Å². The van der Waals surface area contributed by atoms with Gasteiger partial charge < -0.3 is 10.1 Å². The predicted molar refractivity (Wildman–Crippen MR) is 95.9 cm³/mol. The third-order valence-electron chi connectivity index (χ3n) is 3.20. The Hall–Kier alpha value is -2.84. The number of nitrogens with zero attached hydrogens (tertiary/aromatic N) is 1. The van der Waals surface area contributed by atoms with E-state index in [0.29, 0.717) is 28.6 Å². The number of rotatable bonds is 6. The van der Waals surface area contributed by atoms with Crippen molar-refractivity contribution in [3.05, 3.63) is 64.4 Å². The maximum absolute atomic E-state index is 12.9. The Labute approximate surface area is 150 Å². The van der Waals surface area contributed by atoms with E-state index in [-0.39, 0.29) is 5.57 Å². The maximum atomic E-state index is 12.9. The highest BCUT2D eigenvalue weighted by atomic mass is 35.5. The van der Waals surface area contributed by atoms with E-state index >= 15 is 0 Å². The summed E-state index contributed by atoms with van der Waals surface area (Å²) in [4.78, 5) is 12.2. The number of amides is 1. The second-order valence-corrected chi connectivity index (χ2v) is 5.58. The molecule has 0 bridgehead atoms. The summed E-state index contributed by atoms with van der Waals surface area (Å²) >= 11 is 6.14. The van der Waals surface area contributed by atoms with Gasteiger partial charge in [-0.15, -0.1) is 0 Å². The van der Waals surface area contributed by atoms with Crippen LogP contribution < -0.4 is 10.1 Å². The molecule has 4 nitrogen and oxygen atoms in total. The minimum absolute atomic E-state index is 0.0948. The van der Waals surface area contributed by atoms with Crippen molar-refractivity contribution in [2.45, 2.75) is 13.3 Å². The molecule has 0 aliphatic heterocycles. The molecule has 25 heavy (non-hydrogen) atoms. The van der Waals surface area contributed by atoms with Gasteiger partial charge in [0.2, 0.25) is 0 Å². The number of nitrogens with one attached hydrogen (secondary N) is 1. The van der Waals surface area contributed by atoms with Crippen LogP contribution in [0.2, 0.25) is 5.02 Å². The van der Waals surface area contributed by atoms with Crippen LogP contribution in [0.15, 0.2) is 48.0 Å². The van der Waals surface area contributed by atoms with Crippen molar-refractivity contribution < 1.29 is 13.9 Å². The van der Waals surface area contributed by atoms with Gasteiger partial charge in [0.25, 0.3) is 5.91 Å². The fourth-order valence-corrected chi connectivity index (χ4v) is 2.23. The summed E-state index contributed by atoms with van der Waals surface area (Å²) in [7, 11) is 0. The molecule has 6 heteroatoms. The molecule has 2 aromatic rings. The van der Waals surface area contributed by atoms with Gasteiger partial charge in [0, 0.05) is 5.69 Å². The molecule has 0 radical (unpaired) electrons. The number of nitriles is 1. The van der Waals surface area contributed by atoms with Crippen LogP contribution in [0.1, 0.15) is 18.9 Å². The van der Waals surface area contributed by atoms with Gasteiger partial charge in [0.1, 0.15) is 23.2 Å². The number of benzene rings is 2. The molecule has 1 amide bonds. The number of ether oxygens (including phenoxy) is 1. The fraction of sp³-hybridized carbons (Fsp3) is 0.158. The van der Waals surface area contributed by atoms with Gasteiger partial charge in [-0.05, 0) is 54.5 Å². The zero-order valence-corrected chi connectivity index (χ0v) is 14.3. The Morgan fingerprint density at radius 1 is 1.32 bits per heavy atom. The molecule has 2 rings (SSSR count). The topological polar surface area (TPSA) is 62.1 Å². The predicted octanol–water partition coefficient (Wildman–Crippen LogP) is 4.81. The van der Waals surface area contributed by atoms with Gasteiger partial charge >= 0.3 is 0 Å². The van der Waals surface area contributed by atoms with Gasteiger partial charge in [-0.25, -0.2) is 4.39 Å². The lowest BCUT2D eigenvalue weighted by Crippen LogP contribution is -2.13. The largest absolute Gasteiger partial charge is 0.492 e. The highest BCUT2D eigenvalue weighted by Gasteiger charge is 2.10. The molecule has 0 spiro atoms. The molecule has 128 valence electrons. The Morgan fingerprint density at radius 2 is 2.04 bits per heavy atom. The van der Waals surface area contributed by atoms with E-state index < -0.39 is 11.7 Å². The Kier molecular flexibility index (Phi) is 6.55. The number of hydrogen-bond acceptors (Lipinski definition) is 3. The highest BCUT2D eigenvalue weighted by Crippen LogP contribution is 2.26. The summed E-state index contributed by atoms with van der Waals surface area (Å²) in [6.45, 7) is 2.54. The van der Waals surface area contributed by atoms with Crippen LogP contribution in [0.4, 0.5) is 10.1 Å². The van der Waals surface area contributed by atoms with Crippen LogP contribution in [0.25, 0.3) is 6.08 Å². The van der Waals surface area contributed by atoms with E-state index in [1.807, 2.05) is 13.0 Å². The van der Waals surface area contributed by atoms with Crippen molar-refractivity contribution in [3.63, 3.8) is 0 Å². The van der Waals surface area contributed by atoms with Crippen molar-refractivity contribution >= 4 is 29.3 Å². The zero-order chi connectivity index (χ0) is 18.2. The summed E-state index contributed by atoms with van der Waals surface area (Å²) in [6.07, 6.45) is 2.29. The lowest BCUT2D eigenvalue weighted by Gasteiger charge is -2.08. The van der Waals surface area contributed by atoms with Crippen LogP contribution in [0.5, 0.6) is 5.75 Å². The summed E-state index contributed by atoms with van der Waals surface area (Å²) in [5.74, 6) is -0.444. The number of anilines is 1.